The van der Waals surface area contributed by atoms with Gasteiger partial charge in [0.15, 0.2) is 0 Å². The van der Waals surface area contributed by atoms with Gasteiger partial charge >= 0.3 is 0 Å². The largest absolute Gasteiger partial charge is 0.456 e. The zero-order chi connectivity index (χ0) is 21.7. The summed E-state index contributed by atoms with van der Waals surface area (Å²) >= 11 is 3.83. The fourth-order valence-corrected chi connectivity index (χ4v) is 6.76. The van der Waals surface area contributed by atoms with E-state index in [0.717, 1.165) is 32.0 Å². The molecule has 0 N–H and O–H groups in total. The molecule has 2 heteroatoms. The molecule has 1 heterocycles. The summed E-state index contributed by atoms with van der Waals surface area (Å²) in [6.07, 6.45) is 0. The van der Waals surface area contributed by atoms with Gasteiger partial charge in [0.25, 0.3) is 0 Å². The quantitative estimate of drug-likeness (QED) is 0.212. The van der Waals surface area contributed by atoms with E-state index in [1.165, 1.54) is 38.9 Å². The normalized spacial score (nSPS) is 17.1. The lowest BCUT2D eigenvalue weighted by molar-refractivity contribution is 0.652. The van der Waals surface area contributed by atoms with E-state index in [-0.39, 0.29) is 0 Å². The SMILES string of the molecule is Brc1cc#cc2c1-c1ccccc1C21c2ccccc2-c2ccc3c(oc4ccccc43)c21. The Morgan fingerprint density at radius 1 is 0.697 bits per heavy atom. The summed E-state index contributed by atoms with van der Waals surface area (Å²) in [6, 6.07) is 39.1. The third-order valence-electron chi connectivity index (χ3n) is 7.40. The highest BCUT2D eigenvalue weighted by Crippen LogP contribution is 2.64. The minimum Gasteiger partial charge on any atom is -0.456 e. The topological polar surface area (TPSA) is 13.1 Å². The number of benzene rings is 4. The lowest BCUT2D eigenvalue weighted by atomic mass is 9.70. The maximum atomic E-state index is 6.64. The Morgan fingerprint density at radius 2 is 1.42 bits per heavy atom. The van der Waals surface area contributed by atoms with Crippen LogP contribution in [-0.4, -0.2) is 0 Å². The highest BCUT2D eigenvalue weighted by atomic mass is 79.9. The van der Waals surface area contributed by atoms with Crippen molar-refractivity contribution in [3.05, 3.63) is 130 Å². The fraction of sp³-hybridized carbons (Fsp3) is 0.0323. The van der Waals surface area contributed by atoms with Crippen LogP contribution in [-0.2, 0) is 5.41 Å². The third-order valence-corrected chi connectivity index (χ3v) is 8.03. The summed E-state index contributed by atoms with van der Waals surface area (Å²) < 4.78 is 7.68. The average molecular weight is 483 g/mol. The smallest absolute Gasteiger partial charge is 0.140 e. The first-order valence-corrected chi connectivity index (χ1v) is 11.9. The van der Waals surface area contributed by atoms with Crippen LogP contribution in [0.25, 0.3) is 44.2 Å². The van der Waals surface area contributed by atoms with E-state index in [4.69, 9.17) is 4.42 Å². The molecule has 0 saturated carbocycles. The van der Waals surface area contributed by atoms with Gasteiger partial charge < -0.3 is 4.42 Å². The van der Waals surface area contributed by atoms with E-state index in [2.05, 4.69) is 107 Å². The van der Waals surface area contributed by atoms with Gasteiger partial charge in [-0.3, -0.25) is 0 Å². The van der Waals surface area contributed by atoms with Crippen molar-refractivity contribution in [3.8, 4) is 22.3 Å². The van der Waals surface area contributed by atoms with Gasteiger partial charge in [-0.25, -0.2) is 0 Å². The van der Waals surface area contributed by atoms with Crippen LogP contribution in [0, 0.1) is 12.1 Å². The third kappa shape index (κ3) is 1.93. The van der Waals surface area contributed by atoms with Gasteiger partial charge in [-0.1, -0.05) is 84.9 Å². The molecule has 0 bridgehead atoms. The van der Waals surface area contributed by atoms with E-state index in [9.17, 15) is 0 Å². The molecule has 0 radical (unpaired) electrons. The van der Waals surface area contributed by atoms with Crippen molar-refractivity contribution in [2.24, 2.45) is 0 Å². The maximum Gasteiger partial charge on any atom is 0.140 e. The number of rotatable bonds is 0. The second kappa shape index (κ2) is 5.95. The molecular weight excluding hydrogens is 468 g/mol. The van der Waals surface area contributed by atoms with Crippen LogP contribution in [0.2, 0.25) is 0 Å². The van der Waals surface area contributed by atoms with Gasteiger partial charge in [0.1, 0.15) is 11.2 Å². The monoisotopic (exact) mass is 482 g/mol. The summed E-state index contributed by atoms with van der Waals surface area (Å²) in [5.41, 5.74) is 11.2. The zero-order valence-electron chi connectivity index (χ0n) is 17.4. The molecule has 0 fully saturated rings. The lowest BCUT2D eigenvalue weighted by Gasteiger charge is -2.29. The Labute approximate surface area is 199 Å². The molecule has 152 valence electrons. The Hall–Kier alpha value is -3.80. The zero-order valence-corrected chi connectivity index (χ0v) is 19.0. The molecule has 0 aliphatic heterocycles. The van der Waals surface area contributed by atoms with Crippen molar-refractivity contribution in [1.82, 2.24) is 0 Å². The van der Waals surface area contributed by atoms with Gasteiger partial charge in [-0.05, 0) is 55.9 Å². The Kier molecular flexibility index (Phi) is 3.20. The highest BCUT2D eigenvalue weighted by Gasteiger charge is 2.54. The summed E-state index contributed by atoms with van der Waals surface area (Å²) in [6.45, 7) is 0. The summed E-state index contributed by atoms with van der Waals surface area (Å²) in [5.74, 6) is 0. The predicted octanol–water partition coefficient (Wildman–Crippen LogP) is 8.29. The average Bonchev–Trinajstić information content (AvgIpc) is 3.48. The Balaban J connectivity index is 1.67. The molecule has 0 amide bonds. The van der Waals surface area contributed by atoms with Crippen LogP contribution in [0.5, 0.6) is 0 Å². The second-order valence-corrected chi connectivity index (χ2v) is 9.67. The molecule has 1 spiro atoms. The molecule has 1 atom stereocenters. The first-order valence-electron chi connectivity index (χ1n) is 11.1. The molecule has 8 rings (SSSR count). The number of hydrogen-bond acceptors (Lipinski definition) is 1. The van der Waals surface area contributed by atoms with Crippen molar-refractivity contribution in [3.63, 3.8) is 0 Å². The van der Waals surface area contributed by atoms with E-state index in [1.54, 1.807) is 0 Å². The molecule has 5 aromatic carbocycles. The van der Waals surface area contributed by atoms with E-state index in [0.29, 0.717) is 0 Å². The molecule has 1 aromatic heterocycles. The molecule has 2 aliphatic carbocycles. The van der Waals surface area contributed by atoms with Gasteiger partial charge in [0.2, 0.25) is 0 Å². The second-order valence-electron chi connectivity index (χ2n) is 8.82. The first kappa shape index (κ1) is 17.7. The maximum absolute atomic E-state index is 6.64. The molecule has 6 aromatic rings. The Bertz CT molecular complexity index is 1790. The standard InChI is InChI=1S/C31H15BrO/c32-26-14-7-13-25-28(26)22-10-2-5-12-24(22)31(25)23-11-4-1-8-18(23)20-16-17-21-19-9-3-6-15-27(19)33-30(21)29(20)31/h1-6,8-12,14-17H. The van der Waals surface area contributed by atoms with Crippen molar-refractivity contribution < 1.29 is 4.42 Å². The molecule has 0 saturated heterocycles. The summed E-state index contributed by atoms with van der Waals surface area (Å²) in [5, 5.41) is 2.30. The number of fused-ring (bicyclic) bond motifs is 14. The van der Waals surface area contributed by atoms with Crippen molar-refractivity contribution in [1.29, 1.82) is 0 Å². The predicted molar refractivity (Wildman–Crippen MR) is 135 cm³/mol. The molecule has 1 unspecified atom stereocenters. The Morgan fingerprint density at radius 3 is 2.30 bits per heavy atom. The highest BCUT2D eigenvalue weighted by molar-refractivity contribution is 9.10. The van der Waals surface area contributed by atoms with Crippen LogP contribution in [0.4, 0.5) is 0 Å². The van der Waals surface area contributed by atoms with Crippen molar-refractivity contribution in [2.45, 2.75) is 5.41 Å². The van der Waals surface area contributed by atoms with Crippen LogP contribution in [0.1, 0.15) is 22.3 Å². The number of hydrogen-bond donors (Lipinski definition) is 0. The number of para-hydroxylation sites is 1. The van der Waals surface area contributed by atoms with E-state index in [1.807, 2.05) is 12.1 Å². The number of halogens is 1. The lowest BCUT2D eigenvalue weighted by Crippen LogP contribution is -2.25. The molecular formula is C31H15BrO. The van der Waals surface area contributed by atoms with Crippen LogP contribution in [0.3, 0.4) is 0 Å². The summed E-state index contributed by atoms with van der Waals surface area (Å²) in [7, 11) is 0. The van der Waals surface area contributed by atoms with Crippen molar-refractivity contribution >= 4 is 37.9 Å². The molecule has 1 nitrogen and oxygen atoms in total. The van der Waals surface area contributed by atoms with E-state index < -0.39 is 5.41 Å². The fourth-order valence-electron chi connectivity index (χ4n) is 6.24. The molecule has 33 heavy (non-hydrogen) atoms. The van der Waals surface area contributed by atoms with Gasteiger partial charge in [0, 0.05) is 38.0 Å². The minimum atomic E-state index is -0.495. The van der Waals surface area contributed by atoms with Gasteiger partial charge in [-0.15, -0.1) is 0 Å². The van der Waals surface area contributed by atoms with Gasteiger partial charge in [-0.2, -0.15) is 0 Å². The van der Waals surface area contributed by atoms with Crippen LogP contribution < -0.4 is 0 Å². The summed E-state index contributed by atoms with van der Waals surface area (Å²) in [4.78, 5) is 0. The number of furan rings is 1. The van der Waals surface area contributed by atoms with Crippen LogP contribution >= 0.6 is 15.9 Å². The first-order chi connectivity index (χ1) is 16.3. The molecule has 2 aliphatic rings. The van der Waals surface area contributed by atoms with E-state index >= 15 is 0 Å². The van der Waals surface area contributed by atoms with Crippen LogP contribution in [0.15, 0.2) is 99.9 Å². The van der Waals surface area contributed by atoms with Gasteiger partial charge in [0.05, 0.1) is 5.41 Å². The minimum absolute atomic E-state index is 0.495. The van der Waals surface area contributed by atoms with Crippen molar-refractivity contribution in [2.75, 3.05) is 0 Å².